The third-order valence-corrected chi connectivity index (χ3v) is 30.8. The van der Waals surface area contributed by atoms with Gasteiger partial charge in [-0.15, -0.1) is 0 Å². The van der Waals surface area contributed by atoms with E-state index in [4.69, 9.17) is 23.7 Å². The van der Waals surface area contributed by atoms with E-state index < -0.39 is 9.52 Å². The van der Waals surface area contributed by atoms with Crippen LogP contribution in [0, 0.1) is 0 Å². The van der Waals surface area contributed by atoms with Gasteiger partial charge in [-0.05, 0) is 251 Å². The molecule has 0 spiro atoms. The van der Waals surface area contributed by atoms with Crippen molar-refractivity contribution < 1.29 is 27.9 Å². The molecule has 0 aromatic rings. The van der Waals surface area contributed by atoms with Gasteiger partial charge in [-0.2, -0.15) is 0 Å². The van der Waals surface area contributed by atoms with Gasteiger partial charge in [0.05, 0.1) is 89.2 Å². The van der Waals surface area contributed by atoms with Crippen LogP contribution < -0.4 is 0 Å². The van der Waals surface area contributed by atoms with Gasteiger partial charge in [-0.1, -0.05) is 7.43 Å². The fraction of sp³-hybridized carbons (Fsp3) is 0.990. The summed E-state index contributed by atoms with van der Waals surface area (Å²) >= 11 is 0. The van der Waals surface area contributed by atoms with Gasteiger partial charge in [0.25, 0.3) is 0 Å². The summed E-state index contributed by atoms with van der Waals surface area (Å²) in [6.07, 6.45) is 0.808. The van der Waals surface area contributed by atoms with E-state index in [1.165, 1.54) is 157 Å². The molecule has 14 saturated heterocycles. The molecule has 0 bridgehead atoms. The maximum Gasteiger partial charge on any atom is 0.0678 e. The van der Waals surface area contributed by atoms with Crippen molar-refractivity contribution in [3.63, 3.8) is 0 Å². The van der Waals surface area contributed by atoms with E-state index in [0.717, 1.165) is 121 Å². The lowest BCUT2D eigenvalue weighted by atomic mass is 10.0. The molecule has 0 unspecified atom stereocenters. The molecule has 123 heavy (non-hydrogen) atoms. The Balaban J connectivity index is 0.000000287. The average Bonchev–Trinajstić information content (AvgIpc) is 0.800. The monoisotopic (exact) mass is 1770 g/mol. The Morgan fingerprint density at radius 3 is 0.789 bits per heavy atom. The number of ether oxygens (including phenoxy) is 5. The van der Waals surface area contributed by atoms with Gasteiger partial charge in [0.2, 0.25) is 0 Å². The number of morpholine rings is 1. The molecule has 10 atom stereocenters. The predicted molar refractivity (Wildman–Crippen MR) is 530 cm³/mol. The Hall–Kier alpha value is -0.900. The Kier molecular flexibility index (Phi) is 53.6. The van der Waals surface area contributed by atoms with Crippen molar-refractivity contribution in [2.24, 2.45) is 0 Å². The van der Waals surface area contributed by atoms with Crippen LogP contribution in [-0.2, 0) is 33.2 Å². The first-order valence-corrected chi connectivity index (χ1v) is 51.9. The molecular formula is C98H208N18O6S. The minimum Gasteiger partial charge on any atom is -0.378 e. The summed E-state index contributed by atoms with van der Waals surface area (Å²) < 4.78 is 38.1. The van der Waals surface area contributed by atoms with Crippen LogP contribution in [0.3, 0.4) is 0 Å². The molecule has 0 aromatic carbocycles. The second-order valence-electron chi connectivity index (χ2n) is 42.5. The number of likely N-dealkylation sites (N-methyl/N-ethyl adjacent to an activating group) is 4. The van der Waals surface area contributed by atoms with E-state index in [1.54, 1.807) is 0 Å². The van der Waals surface area contributed by atoms with Crippen molar-refractivity contribution in [2.45, 2.75) is 360 Å². The van der Waals surface area contributed by atoms with Crippen molar-refractivity contribution in [2.75, 3.05) is 276 Å². The van der Waals surface area contributed by atoms with Crippen LogP contribution in [0.4, 0.5) is 0 Å². The van der Waals surface area contributed by atoms with Crippen LogP contribution in [-0.4, -0.2) is 519 Å². The molecule has 14 rings (SSSR count). The third-order valence-electron chi connectivity index (χ3n) is 29.0. The number of nitrogens with zero attached hydrogens (tertiary/aromatic N) is 18. The molecule has 0 saturated carbocycles. The molecule has 14 aliphatic heterocycles. The van der Waals surface area contributed by atoms with Gasteiger partial charge in [-0.3, -0.25) is 72.8 Å². The van der Waals surface area contributed by atoms with E-state index in [-0.39, 0.29) is 7.43 Å². The lowest BCUT2D eigenvalue weighted by molar-refractivity contribution is -0.114. The quantitative estimate of drug-likeness (QED) is 0.153. The van der Waals surface area contributed by atoms with E-state index in [1.807, 2.05) is 0 Å². The van der Waals surface area contributed by atoms with Gasteiger partial charge in [0, 0.05) is 304 Å². The number of piperazine rings is 8. The first-order chi connectivity index (χ1) is 57.3. The summed E-state index contributed by atoms with van der Waals surface area (Å²) in [5, 5.41) is 0. The Bertz CT molecular complexity index is 2680. The van der Waals surface area contributed by atoms with Crippen molar-refractivity contribution >= 4 is 15.4 Å². The zero-order valence-corrected chi connectivity index (χ0v) is 87.2. The molecule has 732 valence electrons. The van der Waals surface area contributed by atoms with Gasteiger partial charge in [0.15, 0.2) is 0 Å². The summed E-state index contributed by atoms with van der Waals surface area (Å²) in [6.45, 7) is 109. The molecule has 0 radical (unpaired) electrons. The van der Waals surface area contributed by atoms with E-state index in [0.29, 0.717) is 115 Å². The van der Waals surface area contributed by atoms with Crippen molar-refractivity contribution in [1.82, 2.24) is 88.2 Å². The number of hydrogen-bond donors (Lipinski definition) is 0. The fourth-order valence-electron chi connectivity index (χ4n) is 19.9. The summed E-state index contributed by atoms with van der Waals surface area (Å²) in [7, 11) is 7.14. The molecule has 14 fully saturated rings. The van der Waals surface area contributed by atoms with Gasteiger partial charge in [-0.25, -0.2) is 0 Å². The largest absolute Gasteiger partial charge is 0.378 e. The van der Waals surface area contributed by atoms with E-state index in [2.05, 4.69) is 330 Å². The number of rotatable bonds is 14. The molecule has 0 aliphatic carbocycles. The lowest BCUT2D eigenvalue weighted by Crippen LogP contribution is -2.65. The lowest BCUT2D eigenvalue weighted by Gasteiger charge is -2.51. The normalized spacial score (nSPS) is 30.7. The van der Waals surface area contributed by atoms with Gasteiger partial charge >= 0.3 is 0 Å². The van der Waals surface area contributed by atoms with Crippen LogP contribution in [0.5, 0.6) is 0 Å². The first-order valence-electron chi connectivity index (χ1n) is 49.8. The first kappa shape index (κ1) is 114. The molecule has 14 heterocycles. The van der Waals surface area contributed by atoms with Crippen molar-refractivity contribution in [3.8, 4) is 0 Å². The summed E-state index contributed by atoms with van der Waals surface area (Å²) in [5.74, 6) is 5.29. The minimum atomic E-state index is -1.69. The second kappa shape index (κ2) is 57.6. The second-order valence-corrected chi connectivity index (χ2v) is 45.3. The van der Waals surface area contributed by atoms with Crippen LogP contribution in [0.25, 0.3) is 0 Å². The Morgan fingerprint density at radius 1 is 0.260 bits per heavy atom. The van der Waals surface area contributed by atoms with Crippen molar-refractivity contribution in [1.29, 1.82) is 0 Å². The summed E-state index contributed by atoms with van der Waals surface area (Å²) in [5.41, 5.74) is 0. The smallest absolute Gasteiger partial charge is 0.0678 e. The van der Waals surface area contributed by atoms with Gasteiger partial charge < -0.3 is 43.3 Å². The Labute approximate surface area is 763 Å². The molecule has 24 nitrogen and oxygen atoms in total. The average molecular weight is 1770 g/mol. The summed E-state index contributed by atoms with van der Waals surface area (Å²) in [4.78, 5) is 45.5. The maximum absolute atomic E-state index is 11.4. The fourth-order valence-corrected chi connectivity index (χ4v) is 21.2. The highest BCUT2D eigenvalue weighted by molar-refractivity contribution is 8.00. The highest BCUT2D eigenvalue weighted by Gasteiger charge is 2.40. The zero-order valence-electron chi connectivity index (χ0n) is 86.3. The SMILES string of the molecule is C.C=S1(=O)CCN(C(C)C)CC1.CC(C)N1CCN(C)C[C@@H]1C.CC(C)N1CCN(C)C[C@H]1C.CC(C)N1CCN(C)[C@@H](C)C1.CC(C)N1CCN(C)[C@H](C)C1.CC(C)N1CCN(C2COC2)CC1.CC(C)N1CCN(C2COC2)C[C@@H]1C.CC(C)N1CCN(C2COC2)C[C@H]1C.CC(C)N1C[C@@H](C)N(C2COC2)[C@@H](C)C1.CC(C)N1C[C@@H](C)O[C@@H](C)C1. The van der Waals surface area contributed by atoms with E-state index in [9.17, 15) is 4.21 Å². The summed E-state index contributed by atoms with van der Waals surface area (Å²) in [6, 6.07) is 15.3. The van der Waals surface area contributed by atoms with Crippen LogP contribution in [0.15, 0.2) is 0 Å². The van der Waals surface area contributed by atoms with Crippen LogP contribution in [0.2, 0.25) is 0 Å². The molecule has 25 heteroatoms. The maximum atomic E-state index is 11.4. The van der Waals surface area contributed by atoms with Crippen molar-refractivity contribution in [3.05, 3.63) is 0 Å². The number of hydrogen-bond acceptors (Lipinski definition) is 24. The van der Waals surface area contributed by atoms with E-state index >= 15 is 0 Å². The molecular weight excluding hydrogens is 1560 g/mol. The molecule has 0 amide bonds. The highest BCUT2D eigenvalue weighted by Crippen LogP contribution is 2.26. The van der Waals surface area contributed by atoms with Crippen LogP contribution >= 0.6 is 0 Å². The minimum absolute atomic E-state index is 0. The van der Waals surface area contributed by atoms with Gasteiger partial charge in [0.1, 0.15) is 0 Å². The topological polar surface area (TPSA) is 122 Å². The predicted octanol–water partition coefficient (Wildman–Crippen LogP) is 9.89. The highest BCUT2D eigenvalue weighted by atomic mass is 32.2. The van der Waals surface area contributed by atoms with Crippen LogP contribution in [0.1, 0.15) is 215 Å². The Morgan fingerprint density at radius 2 is 0.520 bits per heavy atom. The molecule has 0 aromatic heterocycles. The molecule has 0 N–H and O–H groups in total. The third kappa shape index (κ3) is 40.1. The molecule has 14 aliphatic rings. The standard InChI is InChI=1S/C12H24N2O.2C11H22N2O.C10H20N2O.4C9H20N2.C9H19NO.C8H17NOS.CH4/c1-9(2)13-5-10(3)14(11(4)6-13)12-7-15-8-12;2*1-9(2)13-5-4-12(6-10(13)3)11-7-14-8-11;1-9(2)11-3-5-12(6-4-11)10-7-13-8-10;2*1-8(2)11-6-5-10(4)9(3)7-11;2*1-8(2)11-6-5-10(4)7-9(11)3;1-7(2)10-5-8(3)11-9(4)6-10;1-8(2)9-4-6-11(3,10)7-5-9;/h9-12H,5-8H2,1-4H3;2*9-11H,4-8H2,1-3H3;9-10H,3-8H2,1-2H3;4*8-9H,5-7H2,1-4H3;7-9H,5-6H2,1-4H3;8H,3-7H2,1-2H3;1H4/t10-,11+;2*10-;;4*9-;8-,9+;;/m.10.1010.../s1. The zero-order chi connectivity index (χ0) is 91.2.